The third-order valence-corrected chi connectivity index (χ3v) is 4.85. The Morgan fingerprint density at radius 2 is 1.81 bits per heavy atom. The van der Waals surface area contributed by atoms with Crippen LogP contribution in [0.2, 0.25) is 0 Å². The summed E-state index contributed by atoms with van der Waals surface area (Å²) in [4.78, 5) is 25.3. The molecule has 1 saturated carbocycles. The molecule has 1 aliphatic rings. The van der Waals surface area contributed by atoms with E-state index in [9.17, 15) is 9.90 Å². The van der Waals surface area contributed by atoms with Crippen molar-refractivity contribution >= 4 is 17.8 Å². The van der Waals surface area contributed by atoms with Gasteiger partial charge in [0, 0.05) is 31.1 Å². The Balaban J connectivity index is 1.48. The first-order valence-corrected chi connectivity index (χ1v) is 9.26. The van der Waals surface area contributed by atoms with Crippen LogP contribution in [-0.4, -0.2) is 39.1 Å². The molecule has 1 heterocycles. The molecule has 1 aromatic carbocycles. The predicted octanol–water partition coefficient (Wildman–Crippen LogP) is 2.21. The number of carbonyl (C=O) groups is 1. The maximum Gasteiger partial charge on any atom is 0.227 e. The molecule has 144 valence electrons. The van der Waals surface area contributed by atoms with Gasteiger partial charge in [-0.2, -0.15) is 15.0 Å². The number of carbonyl (C=O) groups excluding carboxylic acids is 1. The Morgan fingerprint density at radius 3 is 2.52 bits per heavy atom. The highest BCUT2D eigenvalue weighted by atomic mass is 16.3. The van der Waals surface area contributed by atoms with Gasteiger partial charge < -0.3 is 21.1 Å². The summed E-state index contributed by atoms with van der Waals surface area (Å²) in [5.41, 5.74) is 0.728. The summed E-state index contributed by atoms with van der Waals surface area (Å²) < 4.78 is 0. The molecule has 0 spiro atoms. The number of hydrogen-bond donors (Lipinski definition) is 4. The number of hydrogen-bond acceptors (Lipinski definition) is 7. The average Bonchev–Trinajstić information content (AvgIpc) is 2.67. The molecule has 8 nitrogen and oxygen atoms in total. The smallest absolute Gasteiger partial charge is 0.227 e. The number of aryl methyl sites for hydroxylation is 1. The fourth-order valence-corrected chi connectivity index (χ4v) is 3.33. The van der Waals surface area contributed by atoms with Crippen LogP contribution in [0.15, 0.2) is 24.3 Å². The van der Waals surface area contributed by atoms with Gasteiger partial charge in [0.25, 0.3) is 0 Å². The zero-order chi connectivity index (χ0) is 19.2. The van der Waals surface area contributed by atoms with E-state index < -0.39 is 0 Å². The number of amides is 1. The van der Waals surface area contributed by atoms with E-state index in [2.05, 4.69) is 30.9 Å². The van der Waals surface area contributed by atoms with Gasteiger partial charge in [-0.15, -0.1) is 0 Å². The Labute approximate surface area is 158 Å². The highest BCUT2D eigenvalue weighted by molar-refractivity contribution is 5.78. The lowest BCUT2D eigenvalue weighted by atomic mass is 9.85. The van der Waals surface area contributed by atoms with E-state index in [1.54, 1.807) is 19.2 Å². The number of aromatic nitrogens is 3. The number of phenolic OH excluding ortho intramolecular Hbond substituents is 1. The molecular formula is C19H26N6O2. The molecule has 0 radical (unpaired) electrons. The minimum absolute atomic E-state index is 0.00173. The van der Waals surface area contributed by atoms with Crippen molar-refractivity contribution < 1.29 is 9.90 Å². The number of para-hydroxylation sites is 1. The lowest BCUT2D eigenvalue weighted by Gasteiger charge is -2.28. The molecule has 1 fully saturated rings. The third kappa shape index (κ3) is 5.06. The summed E-state index contributed by atoms with van der Waals surface area (Å²) in [7, 11) is 1.78. The third-order valence-electron chi connectivity index (χ3n) is 4.85. The zero-order valence-corrected chi connectivity index (χ0v) is 15.7. The van der Waals surface area contributed by atoms with Crippen LogP contribution in [0.3, 0.4) is 0 Å². The van der Waals surface area contributed by atoms with Crippen LogP contribution in [0.4, 0.5) is 11.9 Å². The number of rotatable bonds is 6. The van der Waals surface area contributed by atoms with Crippen LogP contribution in [0.25, 0.3) is 0 Å². The molecule has 0 bridgehead atoms. The standard InChI is InChI=1S/C19H26N6O2/c1-12-22-18(20-2)25-19(23-12)24-15-9-7-13(8-10-15)17(27)21-11-14-5-3-4-6-16(14)26/h3-6,13,15,26H,7-11H2,1-2H3,(H,21,27)(H2,20,22,23,24,25)/t13-,15-. The maximum absolute atomic E-state index is 12.4. The molecule has 8 heteroatoms. The van der Waals surface area contributed by atoms with Crippen molar-refractivity contribution in [2.75, 3.05) is 17.7 Å². The molecule has 0 saturated heterocycles. The number of benzene rings is 1. The van der Waals surface area contributed by atoms with E-state index in [0.29, 0.717) is 24.3 Å². The van der Waals surface area contributed by atoms with E-state index in [0.717, 1.165) is 31.2 Å². The Bertz CT molecular complexity index is 790. The molecule has 2 aromatic rings. The van der Waals surface area contributed by atoms with E-state index >= 15 is 0 Å². The normalized spacial score (nSPS) is 19.3. The Morgan fingerprint density at radius 1 is 1.11 bits per heavy atom. The summed E-state index contributed by atoms with van der Waals surface area (Å²) in [6, 6.07) is 7.30. The lowest BCUT2D eigenvalue weighted by molar-refractivity contribution is -0.126. The van der Waals surface area contributed by atoms with Crippen LogP contribution in [-0.2, 0) is 11.3 Å². The van der Waals surface area contributed by atoms with E-state index in [4.69, 9.17) is 0 Å². The summed E-state index contributed by atoms with van der Waals surface area (Å²) in [6.07, 6.45) is 3.39. The van der Waals surface area contributed by atoms with Crippen molar-refractivity contribution in [3.05, 3.63) is 35.7 Å². The minimum atomic E-state index is 0.00173. The highest BCUT2D eigenvalue weighted by Crippen LogP contribution is 2.26. The van der Waals surface area contributed by atoms with Crippen LogP contribution in [0.5, 0.6) is 5.75 Å². The summed E-state index contributed by atoms with van der Waals surface area (Å²) in [6.45, 7) is 2.18. The van der Waals surface area contributed by atoms with Gasteiger partial charge in [0.2, 0.25) is 17.8 Å². The Hall–Kier alpha value is -2.90. The fraction of sp³-hybridized carbons (Fsp3) is 0.474. The summed E-state index contributed by atoms with van der Waals surface area (Å²) in [5.74, 6) is 2.03. The number of phenols is 1. The number of nitrogens with zero attached hydrogens (tertiary/aromatic N) is 3. The van der Waals surface area contributed by atoms with Gasteiger partial charge in [0.05, 0.1) is 0 Å². The van der Waals surface area contributed by atoms with Crippen molar-refractivity contribution in [3.8, 4) is 5.75 Å². The topological polar surface area (TPSA) is 112 Å². The van der Waals surface area contributed by atoms with Gasteiger partial charge in [-0.3, -0.25) is 4.79 Å². The second kappa shape index (κ2) is 8.66. The quantitative estimate of drug-likeness (QED) is 0.617. The van der Waals surface area contributed by atoms with Gasteiger partial charge in [-0.05, 0) is 38.7 Å². The minimum Gasteiger partial charge on any atom is -0.508 e. The van der Waals surface area contributed by atoms with E-state index in [-0.39, 0.29) is 23.6 Å². The number of nitrogens with one attached hydrogen (secondary N) is 3. The van der Waals surface area contributed by atoms with Crippen LogP contribution in [0.1, 0.15) is 37.1 Å². The molecule has 1 aliphatic carbocycles. The van der Waals surface area contributed by atoms with Crippen molar-refractivity contribution in [1.82, 2.24) is 20.3 Å². The fourth-order valence-electron chi connectivity index (χ4n) is 3.33. The molecule has 4 N–H and O–H groups in total. The van der Waals surface area contributed by atoms with E-state index in [1.807, 2.05) is 19.1 Å². The first-order chi connectivity index (χ1) is 13.0. The molecular weight excluding hydrogens is 344 g/mol. The molecule has 0 atom stereocenters. The van der Waals surface area contributed by atoms with Gasteiger partial charge in [-0.1, -0.05) is 18.2 Å². The summed E-state index contributed by atoms with van der Waals surface area (Å²) >= 11 is 0. The van der Waals surface area contributed by atoms with Crippen LogP contribution < -0.4 is 16.0 Å². The second-order valence-electron chi connectivity index (χ2n) is 6.82. The SMILES string of the molecule is CNc1nc(C)nc(N[C@H]2CC[C@H](C(=O)NCc3ccccc3O)CC2)n1. The number of aromatic hydroxyl groups is 1. The van der Waals surface area contributed by atoms with Crippen LogP contribution in [0, 0.1) is 12.8 Å². The van der Waals surface area contributed by atoms with Crippen LogP contribution >= 0.6 is 0 Å². The van der Waals surface area contributed by atoms with Gasteiger partial charge in [0.1, 0.15) is 11.6 Å². The lowest BCUT2D eigenvalue weighted by Crippen LogP contribution is -2.36. The first-order valence-electron chi connectivity index (χ1n) is 9.26. The Kier molecular flexibility index (Phi) is 6.05. The highest BCUT2D eigenvalue weighted by Gasteiger charge is 2.26. The number of anilines is 2. The molecule has 0 unspecified atom stereocenters. The average molecular weight is 370 g/mol. The summed E-state index contributed by atoms with van der Waals surface area (Å²) in [5, 5.41) is 19.0. The molecule has 1 amide bonds. The van der Waals surface area contributed by atoms with Gasteiger partial charge in [-0.25, -0.2) is 0 Å². The van der Waals surface area contributed by atoms with Crippen molar-refractivity contribution in [2.45, 2.75) is 45.2 Å². The molecule has 0 aliphatic heterocycles. The maximum atomic E-state index is 12.4. The van der Waals surface area contributed by atoms with Gasteiger partial charge in [0.15, 0.2) is 0 Å². The van der Waals surface area contributed by atoms with Crippen molar-refractivity contribution in [3.63, 3.8) is 0 Å². The largest absolute Gasteiger partial charge is 0.508 e. The molecule has 1 aromatic heterocycles. The first kappa shape index (κ1) is 18.9. The second-order valence-corrected chi connectivity index (χ2v) is 6.82. The van der Waals surface area contributed by atoms with Crippen molar-refractivity contribution in [2.24, 2.45) is 5.92 Å². The zero-order valence-electron chi connectivity index (χ0n) is 15.7. The van der Waals surface area contributed by atoms with Crippen molar-refractivity contribution in [1.29, 1.82) is 0 Å². The predicted molar refractivity (Wildman–Crippen MR) is 103 cm³/mol. The molecule has 27 heavy (non-hydrogen) atoms. The molecule has 3 rings (SSSR count). The monoisotopic (exact) mass is 370 g/mol. The van der Waals surface area contributed by atoms with E-state index in [1.165, 1.54) is 0 Å². The van der Waals surface area contributed by atoms with Gasteiger partial charge >= 0.3 is 0 Å².